The van der Waals surface area contributed by atoms with Crippen molar-refractivity contribution in [1.29, 1.82) is 0 Å². The number of benzene rings is 1. The van der Waals surface area contributed by atoms with Crippen molar-refractivity contribution in [2.24, 2.45) is 7.05 Å². The van der Waals surface area contributed by atoms with E-state index in [1.807, 2.05) is 5.43 Å². The molecule has 0 atom stereocenters. The summed E-state index contributed by atoms with van der Waals surface area (Å²) in [7, 11) is 1.58. The number of aryl methyl sites for hydroxylation is 1. The summed E-state index contributed by atoms with van der Waals surface area (Å²) in [5.41, 5.74) is 3.08. The van der Waals surface area contributed by atoms with Crippen LogP contribution in [0.1, 0.15) is 27.8 Å². The Morgan fingerprint density at radius 3 is 2.56 bits per heavy atom. The van der Waals surface area contributed by atoms with Gasteiger partial charge in [0, 0.05) is 28.7 Å². The molecule has 1 aromatic carbocycles. The second kappa shape index (κ2) is 10.8. The molecule has 178 valence electrons. The van der Waals surface area contributed by atoms with E-state index in [2.05, 4.69) is 63.2 Å². The molecule has 0 spiro atoms. The van der Waals surface area contributed by atoms with Crippen molar-refractivity contribution < 1.29 is 19.5 Å². The molecule has 0 bridgehead atoms. The van der Waals surface area contributed by atoms with E-state index in [-0.39, 0.29) is 23.5 Å². The normalized spacial score (nSPS) is 10.6. The van der Waals surface area contributed by atoms with Crippen molar-refractivity contribution in [1.82, 2.24) is 25.2 Å². The van der Waals surface area contributed by atoms with Gasteiger partial charge in [-0.05, 0) is 63.0 Å². The first-order valence-corrected chi connectivity index (χ1v) is 12.3. The van der Waals surface area contributed by atoms with Crippen molar-refractivity contribution >= 4 is 83.0 Å². The van der Waals surface area contributed by atoms with Gasteiger partial charge < -0.3 is 10.4 Å². The standard InChI is InChI=1S/C20H16Br3ClN6O4/c1-3-30(28-20(33)34)19(32)10-7-9(21)8-11(22)14(10)26-18(31)16-13(17(23)27-29(16)2)15-12(24)5-4-6-25-15/h4-8,28H,3H2,1-2H3,(H,26,31)(H,33,34). The maximum absolute atomic E-state index is 13.5. The summed E-state index contributed by atoms with van der Waals surface area (Å²) in [6, 6.07) is 6.42. The van der Waals surface area contributed by atoms with Crippen LogP contribution in [0.3, 0.4) is 0 Å². The van der Waals surface area contributed by atoms with Gasteiger partial charge in [-0.3, -0.25) is 19.3 Å². The molecule has 3 aromatic rings. The number of nitrogens with one attached hydrogen (secondary N) is 2. The van der Waals surface area contributed by atoms with E-state index in [4.69, 9.17) is 16.7 Å². The predicted octanol–water partition coefficient (Wildman–Crippen LogP) is 5.32. The van der Waals surface area contributed by atoms with Crippen molar-refractivity contribution in [2.45, 2.75) is 6.92 Å². The van der Waals surface area contributed by atoms with Crippen molar-refractivity contribution in [3.8, 4) is 11.3 Å². The number of pyridine rings is 1. The number of carbonyl (C=O) groups excluding carboxylic acids is 2. The first kappa shape index (κ1) is 26.1. The highest BCUT2D eigenvalue weighted by Crippen LogP contribution is 2.36. The van der Waals surface area contributed by atoms with E-state index in [0.29, 0.717) is 29.8 Å². The fraction of sp³-hybridized carbons (Fsp3) is 0.150. The maximum atomic E-state index is 13.5. The van der Waals surface area contributed by atoms with Gasteiger partial charge >= 0.3 is 6.09 Å². The zero-order valence-electron chi connectivity index (χ0n) is 17.6. The quantitative estimate of drug-likeness (QED) is 0.313. The molecule has 3 amide bonds. The lowest BCUT2D eigenvalue weighted by atomic mass is 10.1. The molecule has 0 aliphatic heterocycles. The third kappa shape index (κ3) is 5.43. The van der Waals surface area contributed by atoms with Crippen molar-refractivity contribution in [3.63, 3.8) is 0 Å². The van der Waals surface area contributed by atoms with Crippen LogP contribution in [0.25, 0.3) is 11.3 Å². The van der Waals surface area contributed by atoms with E-state index in [1.165, 1.54) is 10.7 Å². The number of nitrogens with zero attached hydrogens (tertiary/aromatic N) is 4. The highest BCUT2D eigenvalue weighted by molar-refractivity contribution is 9.11. The number of anilines is 1. The summed E-state index contributed by atoms with van der Waals surface area (Å²) in [4.78, 5) is 41.9. The minimum atomic E-state index is -1.40. The van der Waals surface area contributed by atoms with Gasteiger partial charge in [0.15, 0.2) is 0 Å². The topological polar surface area (TPSA) is 129 Å². The Morgan fingerprint density at radius 2 is 1.94 bits per heavy atom. The van der Waals surface area contributed by atoms with Crippen molar-refractivity contribution in [3.05, 3.63) is 60.3 Å². The number of hydrogen-bond donors (Lipinski definition) is 3. The summed E-state index contributed by atoms with van der Waals surface area (Å²) < 4.78 is 2.65. The van der Waals surface area contributed by atoms with Crippen LogP contribution in [0.15, 0.2) is 44.0 Å². The van der Waals surface area contributed by atoms with E-state index in [9.17, 15) is 14.4 Å². The van der Waals surface area contributed by atoms with Gasteiger partial charge in [-0.25, -0.2) is 15.2 Å². The molecule has 0 aliphatic rings. The number of amides is 3. The number of halogens is 4. The monoisotopic (exact) mass is 676 g/mol. The molecular weight excluding hydrogens is 663 g/mol. The zero-order chi connectivity index (χ0) is 25.2. The van der Waals surface area contributed by atoms with Gasteiger partial charge in [-0.2, -0.15) is 5.10 Å². The van der Waals surface area contributed by atoms with Crippen molar-refractivity contribution in [2.75, 3.05) is 11.9 Å². The lowest BCUT2D eigenvalue weighted by Gasteiger charge is -2.22. The van der Waals surface area contributed by atoms with Crippen LogP contribution in [0.5, 0.6) is 0 Å². The number of carbonyl (C=O) groups is 3. The second-order valence-corrected chi connectivity index (χ2v) is 9.63. The van der Waals surface area contributed by atoms with E-state index in [0.717, 1.165) is 5.01 Å². The summed E-state index contributed by atoms with van der Waals surface area (Å²) in [5, 5.41) is 17.3. The predicted molar refractivity (Wildman–Crippen MR) is 137 cm³/mol. The lowest BCUT2D eigenvalue weighted by Crippen LogP contribution is -2.45. The SMILES string of the molecule is CCN(NC(=O)O)C(=O)c1cc(Br)cc(Br)c1NC(=O)c1c(-c2ncccc2Cl)c(Br)nn1C. The minimum absolute atomic E-state index is 0.0452. The number of rotatable bonds is 5. The second-order valence-electron chi connectivity index (χ2n) is 6.70. The molecular formula is C20H16Br3ClN6O4. The van der Waals surface area contributed by atoms with Crippen LogP contribution in [-0.2, 0) is 7.05 Å². The molecule has 0 fully saturated rings. The number of carboxylic acid groups (broad SMARTS) is 1. The Balaban J connectivity index is 2.09. The molecule has 2 heterocycles. The average molecular weight is 680 g/mol. The molecule has 2 aromatic heterocycles. The molecule has 34 heavy (non-hydrogen) atoms. The van der Waals surface area contributed by atoms with E-state index < -0.39 is 17.9 Å². The van der Waals surface area contributed by atoms with Crippen LogP contribution < -0.4 is 10.7 Å². The van der Waals surface area contributed by atoms with Crippen LogP contribution in [-0.4, -0.2) is 49.3 Å². The number of hydrogen-bond acceptors (Lipinski definition) is 5. The fourth-order valence-corrected chi connectivity index (χ4v) is 5.26. The van der Waals surface area contributed by atoms with Crippen LogP contribution in [0, 0.1) is 0 Å². The summed E-state index contributed by atoms with van der Waals surface area (Å²) in [6.07, 6.45) is 0.144. The third-order valence-corrected chi connectivity index (χ3v) is 6.47. The van der Waals surface area contributed by atoms with Gasteiger partial charge in [0.05, 0.1) is 27.5 Å². The van der Waals surface area contributed by atoms with Crippen LogP contribution in [0.2, 0.25) is 5.02 Å². The Morgan fingerprint density at radius 1 is 1.24 bits per heavy atom. The molecule has 0 saturated heterocycles. The van der Waals surface area contributed by atoms with Gasteiger partial charge in [-0.1, -0.05) is 27.5 Å². The summed E-state index contributed by atoms with van der Waals surface area (Å²) >= 11 is 16.4. The van der Waals surface area contributed by atoms with Gasteiger partial charge in [-0.15, -0.1) is 0 Å². The first-order chi connectivity index (χ1) is 16.0. The average Bonchev–Trinajstić information content (AvgIpc) is 3.06. The third-order valence-electron chi connectivity index (χ3n) is 4.53. The summed E-state index contributed by atoms with van der Waals surface area (Å²) in [5.74, 6) is -1.26. The zero-order valence-corrected chi connectivity index (χ0v) is 23.1. The molecule has 14 heteroatoms. The molecule has 0 unspecified atom stereocenters. The lowest BCUT2D eigenvalue weighted by molar-refractivity contribution is 0.0661. The molecule has 3 rings (SSSR count). The number of hydrazine groups is 1. The molecule has 10 nitrogen and oxygen atoms in total. The molecule has 3 N–H and O–H groups in total. The largest absolute Gasteiger partial charge is 0.464 e. The van der Waals surface area contributed by atoms with E-state index >= 15 is 0 Å². The fourth-order valence-electron chi connectivity index (χ4n) is 3.11. The Bertz CT molecular complexity index is 1300. The molecule has 0 radical (unpaired) electrons. The molecule has 0 aliphatic carbocycles. The van der Waals surface area contributed by atoms with Gasteiger partial charge in [0.2, 0.25) is 0 Å². The summed E-state index contributed by atoms with van der Waals surface area (Å²) in [6.45, 7) is 1.66. The maximum Gasteiger partial charge on any atom is 0.423 e. The van der Waals surface area contributed by atoms with Gasteiger partial charge in [0.25, 0.3) is 11.8 Å². The Labute approximate surface area is 224 Å². The van der Waals surface area contributed by atoms with Crippen LogP contribution >= 0.6 is 59.4 Å². The number of aromatic nitrogens is 3. The minimum Gasteiger partial charge on any atom is -0.464 e. The Hall–Kier alpha value is -2.48. The highest BCUT2D eigenvalue weighted by Gasteiger charge is 2.28. The first-order valence-electron chi connectivity index (χ1n) is 9.50. The van der Waals surface area contributed by atoms with Gasteiger partial charge in [0.1, 0.15) is 10.3 Å². The smallest absolute Gasteiger partial charge is 0.423 e. The Kier molecular flexibility index (Phi) is 8.34. The highest BCUT2D eigenvalue weighted by atomic mass is 79.9. The van der Waals surface area contributed by atoms with Crippen LogP contribution in [0.4, 0.5) is 10.5 Å². The molecule has 0 saturated carbocycles. The van der Waals surface area contributed by atoms with E-state index in [1.54, 1.807) is 38.4 Å².